The van der Waals surface area contributed by atoms with Crippen LogP contribution in [0.1, 0.15) is 48.5 Å². The van der Waals surface area contributed by atoms with E-state index in [1.165, 1.54) is 13.8 Å². The number of carbonyl (C=O) groups excluding carboxylic acids is 5. The molecule has 0 saturated carbocycles. The average molecular weight is 2140 g/mol. The minimum atomic E-state index is -2.74. The summed E-state index contributed by atoms with van der Waals surface area (Å²) in [4.78, 5) is 65.8. The minimum Gasteiger partial charge on any atom is -0.394 e. The maximum atomic E-state index is 13.8. The summed E-state index contributed by atoms with van der Waals surface area (Å²) in [6, 6.07) is -9.92. The lowest BCUT2D eigenvalue weighted by molar-refractivity contribution is -0.402. The summed E-state index contributed by atoms with van der Waals surface area (Å²) >= 11 is 0. The Morgan fingerprint density at radius 2 is 0.445 bits per heavy atom. The molecule has 36 N–H and O–H groups in total. The molecule has 0 aromatic heterocycles. The lowest BCUT2D eigenvalue weighted by atomic mass is 9.93. The summed E-state index contributed by atoms with van der Waals surface area (Å²) in [7, 11) is 0. The van der Waals surface area contributed by atoms with Gasteiger partial charge in [0.15, 0.2) is 75.5 Å². The third kappa shape index (κ3) is 26.4. The van der Waals surface area contributed by atoms with Gasteiger partial charge in [-0.25, -0.2) is 0 Å². The van der Waals surface area contributed by atoms with Gasteiger partial charge in [-0.3, -0.25) is 24.0 Å². The number of nitrogens with one attached hydrogen (secondary N) is 5. The second kappa shape index (κ2) is 52.2. The van der Waals surface area contributed by atoms with Gasteiger partial charge in [0.25, 0.3) is 0 Å². The van der Waals surface area contributed by atoms with Crippen molar-refractivity contribution in [3.8, 4) is 0 Å². The third-order valence-corrected chi connectivity index (χ3v) is 27.0. The predicted molar refractivity (Wildman–Crippen MR) is 450 cm³/mol. The van der Waals surface area contributed by atoms with Crippen molar-refractivity contribution in [1.82, 2.24) is 26.6 Å². The van der Waals surface area contributed by atoms with Gasteiger partial charge in [-0.05, 0) is 13.8 Å². The monoisotopic (exact) mass is 2140 g/mol. The molecule has 0 aromatic rings. The number of hydrogen-bond donors (Lipinski definition) is 36. The van der Waals surface area contributed by atoms with E-state index in [2.05, 4.69) is 26.6 Å². The number of aliphatic hydroxyl groups excluding tert-OH is 31. The smallest absolute Gasteiger partial charge is 0.217 e. The molecular formula is C82H137N5O59. The molecule has 12 aliphatic rings. The van der Waals surface area contributed by atoms with E-state index < -0.39 is 464 Å². The van der Waals surface area contributed by atoms with Crippen molar-refractivity contribution in [3.63, 3.8) is 0 Å². The summed E-state index contributed by atoms with van der Waals surface area (Å²) in [5.41, 5.74) is 0. The Bertz CT molecular complexity index is 4090. The number of carbonyl (C=O) groups is 5. The topological polar surface area (TPSA) is 985 Å². The van der Waals surface area contributed by atoms with Crippen molar-refractivity contribution in [3.05, 3.63) is 0 Å². The molecule has 12 rings (SSSR count). The SMILES string of the molecule is CC(=O)N[C@H]1[C@H](O[C@H]2[C@H](O)[C@@H](NC(C)=O)C(O)O[C@@H]2CO[C@@H]2O[C@@H](C)[C@@H](O)[C@@H](O)[C@@H]2O)O[C@H](CO)[C@@H](O[C@@H]2O[C@H](CO[C@H]3O[C@H](CO)[C@@H](O)[C@H](O)[C@@H]3O[C@@H]3O[C@H](CO)[C@@H](O[C@@H]4O[C@H](CO)[C@H](O)[C@H](O[C@H]5O[C@H](CO)[C@H](O)[C@H](O)[C@H]5O)[C@H]4O)[C@H](O)[C@H]3NC(C)=O)[C@@H](O)[C@H](O[C@H]3O[C@H](CO)[C@@H](O)[C@H](O)[C@@H]3O[C@@H]3O[C@H](CO)[C@@H](O[C@@H]4O[C@H](CO)[C@H](O)[C@H](O)[C@H]4NC(C)=O)[C@H](O[C@@H]4O[C@@H](C)[C@@H](O)[C@@H](O)[C@@H]4O)[C@H]3NC(C)=O)[C@@H]2O)[C@@H]1O. The van der Waals surface area contributed by atoms with Gasteiger partial charge < -0.3 is 294 Å². The van der Waals surface area contributed by atoms with Crippen LogP contribution in [0.5, 0.6) is 0 Å². The Hall–Kier alpha value is -4.81. The van der Waals surface area contributed by atoms with E-state index in [4.69, 9.17) is 109 Å². The molecule has 12 heterocycles. The second-order valence-corrected chi connectivity index (χ2v) is 37.3. The highest BCUT2D eigenvalue weighted by Gasteiger charge is 2.64. The normalized spacial score (nSPS) is 49.8. The van der Waals surface area contributed by atoms with Crippen LogP contribution in [0.15, 0.2) is 0 Å². The van der Waals surface area contributed by atoms with Crippen molar-refractivity contribution in [1.29, 1.82) is 0 Å². The Balaban J connectivity index is 0.893. The lowest BCUT2D eigenvalue weighted by Crippen LogP contribution is -2.72. The Morgan fingerprint density at radius 1 is 0.192 bits per heavy atom. The van der Waals surface area contributed by atoms with E-state index >= 15 is 0 Å². The fraction of sp³-hybridized carbons (Fsp3) is 0.939. The molecule has 60 atom stereocenters. The van der Waals surface area contributed by atoms with E-state index in [0.29, 0.717) is 0 Å². The minimum absolute atomic E-state index is 0.876. The van der Waals surface area contributed by atoms with Crippen molar-refractivity contribution in [2.75, 3.05) is 66.1 Å². The zero-order valence-electron chi connectivity index (χ0n) is 79.0. The van der Waals surface area contributed by atoms with E-state index in [1.54, 1.807) is 0 Å². The number of hydrogen-bond acceptors (Lipinski definition) is 59. The fourth-order valence-electron chi connectivity index (χ4n) is 19.1. The fourth-order valence-corrected chi connectivity index (χ4v) is 19.1. The molecular weight excluding hydrogens is 2000 g/mol. The van der Waals surface area contributed by atoms with Crippen LogP contribution >= 0.6 is 0 Å². The molecule has 0 bridgehead atoms. The first-order chi connectivity index (χ1) is 69.0. The summed E-state index contributed by atoms with van der Waals surface area (Å²) in [5.74, 6) is -4.90. The maximum absolute atomic E-state index is 13.8. The van der Waals surface area contributed by atoms with Gasteiger partial charge in [-0.2, -0.15) is 0 Å². The van der Waals surface area contributed by atoms with Crippen molar-refractivity contribution >= 4 is 29.5 Å². The molecule has 12 aliphatic heterocycles. The number of aliphatic hydroxyl groups is 31. The van der Waals surface area contributed by atoms with Crippen molar-refractivity contribution in [2.24, 2.45) is 0 Å². The second-order valence-electron chi connectivity index (χ2n) is 37.3. The number of ether oxygens (including phenoxy) is 23. The average Bonchev–Trinajstić information content (AvgIpc) is 0.758. The standard InChI is InChI=1S/C82H137N5O59/c1-18-40(101)52(113)57(118)76(126-18)124-17-34-64(49(110)35(71(123)128-34)83-20(3)96)138-73-37(85-22(5)98)50(111)63(30(13-93)134-73)140-80-61(122)68(144-82-70(56(117)45(106)28(11-91)133-82)146-75-39(87-24(7)100)66(142-77-58(119)53(114)41(102)19(2)127-77)65(32(15-95)136-75)141-72-36(84-21(4)97)48(109)42(103)25(8-88)129-72)47(108)33(137-80)16-125-81-69(55(116)44(105)27(10-90)132-81)145-74-38(86-23(6)99)51(112)62(31(14-94)135-74)139-79-60(121)67(46(107)29(12-92)131-79)143-78-59(120)54(115)43(104)26(9-89)130-78/h18-19,25-82,88-95,101-123H,8-17H2,1-7H3,(H,83,96)(H,84,97)(H,85,98)(H,86,99)(H,87,100)/t18-,19-,25+,26+,27+,28+,29+,30+,31+,32+,33+,34+,35+,36+,37+,38+,39+,40+,41+,42-,43-,44+,45+,46-,47+,48+,49+,50+,51+,52+,53+,54-,55-,56-,57-,58-,59+,60+,61-,62+,63+,64+,65+,66+,67-,68-,69-,70-,71?,72-,73-,74-,75-,76+,77-,78+,79-,80-,81-,82+/m0/s1. The first kappa shape index (κ1) is 120. The number of amides is 5. The molecule has 12 saturated heterocycles. The van der Waals surface area contributed by atoms with Crippen LogP contribution in [0, 0.1) is 0 Å². The quantitative estimate of drug-likeness (QED) is 0.0275. The molecule has 0 aliphatic carbocycles. The Kier molecular flexibility index (Phi) is 42.8. The van der Waals surface area contributed by atoms with Crippen molar-refractivity contribution in [2.45, 2.75) is 417 Å². The van der Waals surface area contributed by atoms with Crippen LogP contribution < -0.4 is 26.6 Å². The Labute approximate surface area is 827 Å². The lowest BCUT2D eigenvalue weighted by Gasteiger charge is -2.52. The van der Waals surface area contributed by atoms with Gasteiger partial charge in [0, 0.05) is 34.6 Å². The molecule has 0 radical (unpaired) electrons. The van der Waals surface area contributed by atoms with Crippen LogP contribution in [-0.4, -0.2) is 622 Å². The number of rotatable bonds is 37. The molecule has 844 valence electrons. The molecule has 5 amide bonds. The summed E-state index contributed by atoms with van der Waals surface area (Å²) < 4.78 is 139. The highest BCUT2D eigenvalue weighted by atomic mass is 16.8. The van der Waals surface area contributed by atoms with Gasteiger partial charge >= 0.3 is 0 Å². The van der Waals surface area contributed by atoms with E-state index in [0.717, 1.165) is 34.6 Å². The van der Waals surface area contributed by atoms with Gasteiger partial charge in [-0.15, -0.1) is 0 Å². The first-order valence-corrected chi connectivity index (χ1v) is 46.9. The molecule has 64 heteroatoms. The highest BCUT2D eigenvalue weighted by molar-refractivity contribution is 5.75. The molecule has 0 aromatic carbocycles. The van der Waals surface area contributed by atoms with Crippen LogP contribution in [0.2, 0.25) is 0 Å². The van der Waals surface area contributed by atoms with E-state index in [-0.39, 0.29) is 0 Å². The highest BCUT2D eigenvalue weighted by Crippen LogP contribution is 2.43. The summed E-state index contributed by atoms with van der Waals surface area (Å²) in [5, 5.41) is 363. The molecule has 1 unspecified atom stereocenters. The predicted octanol–water partition coefficient (Wildman–Crippen LogP) is -24.4. The van der Waals surface area contributed by atoms with Crippen LogP contribution in [-0.2, 0) is 133 Å². The third-order valence-electron chi connectivity index (χ3n) is 27.0. The molecule has 0 spiro atoms. The summed E-state index contributed by atoms with van der Waals surface area (Å²) in [6.07, 6.45) is -117. The van der Waals surface area contributed by atoms with E-state index in [1.807, 2.05) is 0 Å². The zero-order chi connectivity index (χ0) is 107. The van der Waals surface area contributed by atoms with Gasteiger partial charge in [0.2, 0.25) is 29.5 Å². The van der Waals surface area contributed by atoms with Crippen LogP contribution in [0.25, 0.3) is 0 Å². The molecule has 64 nitrogen and oxygen atoms in total. The van der Waals surface area contributed by atoms with Gasteiger partial charge in [0.1, 0.15) is 280 Å². The van der Waals surface area contributed by atoms with Gasteiger partial charge in [-0.1, -0.05) is 0 Å². The van der Waals surface area contributed by atoms with Crippen LogP contribution in [0.3, 0.4) is 0 Å². The zero-order valence-corrected chi connectivity index (χ0v) is 79.0. The Morgan fingerprint density at radius 3 is 0.890 bits per heavy atom. The van der Waals surface area contributed by atoms with E-state index in [9.17, 15) is 182 Å². The molecule has 146 heavy (non-hydrogen) atoms. The van der Waals surface area contributed by atoms with Crippen molar-refractivity contribution < 1.29 is 291 Å². The van der Waals surface area contributed by atoms with Gasteiger partial charge in [0.05, 0.1) is 78.3 Å². The van der Waals surface area contributed by atoms with Crippen LogP contribution in [0.4, 0.5) is 0 Å². The summed E-state index contributed by atoms with van der Waals surface area (Å²) in [6.45, 7) is -4.61. The maximum Gasteiger partial charge on any atom is 0.217 e. The first-order valence-electron chi connectivity index (χ1n) is 46.9. The molecule has 12 fully saturated rings. The largest absolute Gasteiger partial charge is 0.394 e.